The normalized spacial score (nSPS) is 13.9. The van der Waals surface area contributed by atoms with Gasteiger partial charge in [-0.25, -0.2) is 0 Å². The summed E-state index contributed by atoms with van der Waals surface area (Å²) in [6.45, 7) is 18.4. The Kier molecular flexibility index (Phi) is 6.44. The lowest BCUT2D eigenvalue weighted by Gasteiger charge is -2.24. The highest BCUT2D eigenvalue weighted by atomic mass is 31.1. The summed E-state index contributed by atoms with van der Waals surface area (Å²) in [5.74, 6) is 0.883. The lowest BCUT2D eigenvalue weighted by Crippen LogP contribution is -2.16. The van der Waals surface area contributed by atoms with Crippen molar-refractivity contribution >= 4 is 13.3 Å². The molecular weight excluding hydrogens is 303 g/mol. The van der Waals surface area contributed by atoms with E-state index in [0.29, 0.717) is 5.92 Å². The van der Waals surface area contributed by atoms with Gasteiger partial charge in [-0.3, -0.25) is 4.79 Å². The van der Waals surface area contributed by atoms with Crippen LogP contribution in [0.2, 0.25) is 0 Å². The summed E-state index contributed by atoms with van der Waals surface area (Å²) in [6, 6.07) is 4.29. The van der Waals surface area contributed by atoms with Gasteiger partial charge in [-0.2, -0.15) is 0 Å². The first-order valence-electron chi connectivity index (χ1n) is 8.64. The van der Waals surface area contributed by atoms with Crippen LogP contribution in [0.4, 0.5) is 0 Å². The quantitative estimate of drug-likeness (QED) is 0.571. The second-order valence-corrected chi connectivity index (χ2v) is 11.1. The highest BCUT2D eigenvalue weighted by Gasteiger charge is 2.31. The average Bonchev–Trinajstić information content (AvgIpc) is 2.42. The Morgan fingerprint density at radius 2 is 1.26 bits per heavy atom. The molecule has 0 N–H and O–H groups in total. The monoisotopic (exact) mass is 336 g/mol. The molecule has 0 bridgehead atoms. The zero-order valence-electron chi connectivity index (χ0n) is 16.2. The van der Waals surface area contributed by atoms with Crippen molar-refractivity contribution in [1.29, 1.82) is 0 Å². The van der Waals surface area contributed by atoms with Crippen LogP contribution < -0.4 is 0 Å². The topological polar surface area (TPSA) is 34.1 Å². The number of carbonyl (C=O) groups excluding carboxylic acids is 1. The number of hydrogen-bond donors (Lipinski definition) is 0. The molecule has 1 aromatic carbocycles. The minimum atomic E-state index is -2.37. The molecule has 130 valence electrons. The molecular formula is C20H33O2P. The van der Waals surface area contributed by atoms with E-state index >= 15 is 0 Å². The summed E-state index contributed by atoms with van der Waals surface area (Å²) in [5, 5.41) is -0.471. The summed E-state index contributed by atoms with van der Waals surface area (Å²) >= 11 is 0. The van der Waals surface area contributed by atoms with Crippen molar-refractivity contribution in [3.05, 3.63) is 34.4 Å². The van der Waals surface area contributed by atoms with E-state index in [1.165, 1.54) is 5.56 Å². The molecule has 1 atom stereocenters. The van der Waals surface area contributed by atoms with E-state index in [9.17, 15) is 9.36 Å². The maximum atomic E-state index is 13.1. The first-order valence-corrected chi connectivity index (χ1v) is 10.1. The molecule has 3 heteroatoms. The van der Waals surface area contributed by atoms with Crippen LogP contribution in [0.1, 0.15) is 107 Å². The van der Waals surface area contributed by atoms with Crippen LogP contribution in [0, 0.1) is 0 Å². The van der Waals surface area contributed by atoms with Gasteiger partial charge in [0.1, 0.15) is 7.80 Å². The molecule has 0 radical (unpaired) electrons. The average molecular weight is 336 g/mol. The molecule has 0 amide bonds. The predicted molar refractivity (Wildman–Crippen MR) is 102 cm³/mol. The molecule has 0 saturated heterocycles. The van der Waals surface area contributed by atoms with Gasteiger partial charge in [0.05, 0.1) is 0 Å². The Balaban J connectivity index is 3.68. The van der Waals surface area contributed by atoms with E-state index in [1.807, 2.05) is 20.8 Å². The Bertz CT molecular complexity index is 576. The van der Waals surface area contributed by atoms with Crippen LogP contribution in [0.25, 0.3) is 0 Å². The Hall–Kier alpha value is -0.880. The minimum Gasteiger partial charge on any atom is -0.318 e. The second kappa shape index (κ2) is 7.34. The lowest BCUT2D eigenvalue weighted by molar-refractivity contribution is 0.107. The molecule has 0 aromatic heterocycles. The van der Waals surface area contributed by atoms with Crippen molar-refractivity contribution in [2.75, 3.05) is 0 Å². The zero-order valence-corrected chi connectivity index (χ0v) is 17.2. The first-order chi connectivity index (χ1) is 10.4. The van der Waals surface area contributed by atoms with Gasteiger partial charge in [0.15, 0.2) is 0 Å². The van der Waals surface area contributed by atoms with E-state index in [0.717, 1.165) is 16.7 Å². The summed E-state index contributed by atoms with van der Waals surface area (Å²) < 4.78 is 12.8. The lowest BCUT2D eigenvalue weighted by atomic mass is 9.85. The van der Waals surface area contributed by atoms with Gasteiger partial charge in [-0.05, 0) is 34.4 Å². The van der Waals surface area contributed by atoms with Crippen molar-refractivity contribution in [2.45, 2.75) is 85.2 Å². The molecule has 1 aromatic rings. The molecule has 0 aliphatic carbocycles. The second-order valence-electron chi connectivity index (χ2n) is 8.45. The minimum absolute atomic E-state index is 0.148. The summed E-state index contributed by atoms with van der Waals surface area (Å²) in [5.41, 5.74) is 3.92. The highest BCUT2D eigenvalue weighted by Crippen LogP contribution is 2.44. The molecule has 1 unspecified atom stereocenters. The van der Waals surface area contributed by atoms with Crippen molar-refractivity contribution in [3.8, 4) is 0 Å². The van der Waals surface area contributed by atoms with E-state index in [-0.39, 0.29) is 17.4 Å². The number of carbonyl (C=O) groups is 1. The highest BCUT2D eigenvalue weighted by molar-refractivity contribution is 7.66. The fourth-order valence-electron chi connectivity index (χ4n) is 2.67. The fourth-order valence-corrected chi connectivity index (χ4v) is 3.87. The Morgan fingerprint density at radius 1 is 0.870 bits per heavy atom. The smallest absolute Gasteiger partial charge is 0.219 e. The van der Waals surface area contributed by atoms with Crippen LogP contribution >= 0.6 is 7.80 Å². The molecule has 0 aliphatic heterocycles. The van der Waals surface area contributed by atoms with Gasteiger partial charge < -0.3 is 4.57 Å². The van der Waals surface area contributed by atoms with E-state index < -0.39 is 13.0 Å². The van der Waals surface area contributed by atoms with Crippen LogP contribution in [0.5, 0.6) is 0 Å². The largest absolute Gasteiger partial charge is 0.318 e. The first kappa shape index (κ1) is 20.2. The molecule has 0 aliphatic rings. The van der Waals surface area contributed by atoms with Crippen molar-refractivity contribution in [1.82, 2.24) is 0 Å². The molecule has 0 fully saturated rings. The standard InChI is InChI=1S/C20H33O2P/c1-12(2)15-10-16(13(3)4)18(17(11-15)14(5)6)19(21)23(22)20(7,8)9/h10-14,23H,1-9H3. The number of benzene rings is 1. The zero-order chi connectivity index (χ0) is 18.1. The van der Waals surface area contributed by atoms with Crippen LogP contribution in [-0.2, 0) is 4.57 Å². The summed E-state index contributed by atoms with van der Waals surface area (Å²) in [7, 11) is -2.37. The molecule has 0 saturated carbocycles. The van der Waals surface area contributed by atoms with Gasteiger partial charge in [-0.1, -0.05) is 74.4 Å². The Labute approximate surface area is 142 Å². The molecule has 0 spiro atoms. The molecule has 1 rings (SSSR count). The van der Waals surface area contributed by atoms with Crippen molar-refractivity contribution in [3.63, 3.8) is 0 Å². The summed E-state index contributed by atoms with van der Waals surface area (Å²) in [4.78, 5) is 13.1. The van der Waals surface area contributed by atoms with Gasteiger partial charge in [-0.15, -0.1) is 0 Å². The summed E-state index contributed by atoms with van der Waals surface area (Å²) in [6.07, 6.45) is 0. The van der Waals surface area contributed by atoms with Crippen LogP contribution in [0.3, 0.4) is 0 Å². The molecule has 23 heavy (non-hydrogen) atoms. The third-order valence-corrected chi connectivity index (χ3v) is 6.27. The van der Waals surface area contributed by atoms with E-state index in [1.54, 1.807) is 0 Å². The number of rotatable bonds is 5. The van der Waals surface area contributed by atoms with Gasteiger partial charge >= 0.3 is 0 Å². The molecule has 2 nitrogen and oxygen atoms in total. The van der Waals surface area contributed by atoms with Gasteiger partial charge in [0.25, 0.3) is 0 Å². The number of hydrogen-bond acceptors (Lipinski definition) is 2. The maximum Gasteiger partial charge on any atom is 0.219 e. The third-order valence-electron chi connectivity index (χ3n) is 4.25. The van der Waals surface area contributed by atoms with Crippen LogP contribution in [-0.4, -0.2) is 10.7 Å². The van der Waals surface area contributed by atoms with E-state index in [4.69, 9.17) is 0 Å². The van der Waals surface area contributed by atoms with Crippen LogP contribution in [0.15, 0.2) is 12.1 Å². The Morgan fingerprint density at radius 3 is 1.52 bits per heavy atom. The SMILES string of the molecule is CC(C)c1cc(C(C)C)c(C(=O)[PH](=O)C(C)(C)C)c(C(C)C)c1. The van der Waals surface area contributed by atoms with E-state index in [2.05, 4.69) is 53.7 Å². The fraction of sp³-hybridized carbons (Fsp3) is 0.650. The molecule has 0 heterocycles. The third kappa shape index (κ3) is 4.57. The van der Waals surface area contributed by atoms with Crippen molar-refractivity contribution in [2.24, 2.45) is 0 Å². The van der Waals surface area contributed by atoms with Gasteiger partial charge in [0, 0.05) is 10.7 Å². The van der Waals surface area contributed by atoms with Gasteiger partial charge in [0.2, 0.25) is 5.52 Å². The van der Waals surface area contributed by atoms with Crippen molar-refractivity contribution < 1.29 is 9.36 Å². The predicted octanol–water partition coefficient (Wildman–Crippen LogP) is 6.56. The maximum absolute atomic E-state index is 13.1.